The average molecular weight is 290 g/mol. The van der Waals surface area contributed by atoms with Gasteiger partial charge in [-0.2, -0.15) is 4.98 Å². The fourth-order valence-electron chi connectivity index (χ4n) is 2.48. The van der Waals surface area contributed by atoms with Gasteiger partial charge in [0.25, 0.3) is 0 Å². The molecule has 2 aromatic heterocycles. The smallest absolute Gasteiger partial charge is 0.236 e. The number of rotatable bonds is 5. The summed E-state index contributed by atoms with van der Waals surface area (Å²) in [5, 5.41) is 4.06. The molecule has 2 N–H and O–H groups in total. The molecule has 3 rings (SSSR count). The van der Waals surface area contributed by atoms with Crippen molar-refractivity contribution in [3.8, 4) is 0 Å². The van der Waals surface area contributed by atoms with Crippen molar-refractivity contribution >= 4 is 11.8 Å². The largest absolute Gasteiger partial charge is 0.338 e. The second-order valence-electron chi connectivity index (χ2n) is 5.22. The van der Waals surface area contributed by atoms with Crippen molar-refractivity contribution in [2.24, 2.45) is 5.73 Å². The molecule has 1 fully saturated rings. The number of pyridine rings is 1. The first-order valence-corrected chi connectivity index (χ1v) is 8.00. The van der Waals surface area contributed by atoms with Gasteiger partial charge >= 0.3 is 0 Å². The summed E-state index contributed by atoms with van der Waals surface area (Å²) in [7, 11) is 0. The lowest BCUT2D eigenvalue weighted by molar-refractivity contribution is 0.355. The lowest BCUT2D eigenvalue weighted by Gasteiger charge is -2.17. The highest BCUT2D eigenvalue weighted by Gasteiger charge is 2.35. The van der Waals surface area contributed by atoms with Gasteiger partial charge in [-0.1, -0.05) is 18.0 Å². The van der Waals surface area contributed by atoms with Crippen LogP contribution in [0.15, 0.2) is 29.0 Å². The summed E-state index contributed by atoms with van der Waals surface area (Å²) in [5.74, 6) is 2.96. The number of hydrogen-bond acceptors (Lipinski definition) is 6. The topological polar surface area (TPSA) is 77.8 Å². The Kier molecular flexibility index (Phi) is 4.03. The fourth-order valence-corrected chi connectivity index (χ4v) is 3.30. The minimum Gasteiger partial charge on any atom is -0.338 e. The summed E-state index contributed by atoms with van der Waals surface area (Å²) in [6.07, 6.45) is 7.82. The van der Waals surface area contributed by atoms with Gasteiger partial charge in [0.1, 0.15) is 0 Å². The lowest BCUT2D eigenvalue weighted by atomic mass is 9.99. The van der Waals surface area contributed by atoms with Gasteiger partial charge in [-0.15, -0.1) is 11.8 Å². The van der Waals surface area contributed by atoms with E-state index in [2.05, 4.69) is 15.1 Å². The summed E-state index contributed by atoms with van der Waals surface area (Å²) < 4.78 is 5.31. The van der Waals surface area contributed by atoms with Crippen LogP contribution in [-0.4, -0.2) is 15.1 Å². The van der Waals surface area contributed by atoms with Gasteiger partial charge in [0.15, 0.2) is 5.82 Å². The standard InChI is InChI=1S/C14H18N4OS/c15-14(5-1-2-6-14)13-17-12(19-18-13)10-20-9-11-3-7-16-8-4-11/h3-4,7-8H,1-2,5-6,9-10,15H2. The Hall–Kier alpha value is -1.40. The van der Waals surface area contributed by atoms with E-state index in [-0.39, 0.29) is 5.54 Å². The number of aromatic nitrogens is 3. The van der Waals surface area contributed by atoms with E-state index < -0.39 is 0 Å². The van der Waals surface area contributed by atoms with Crippen molar-refractivity contribution in [1.82, 2.24) is 15.1 Å². The normalized spacial score (nSPS) is 17.4. The number of nitrogens with zero attached hydrogens (tertiary/aromatic N) is 3. The summed E-state index contributed by atoms with van der Waals surface area (Å²) in [6, 6.07) is 4.03. The molecule has 1 saturated carbocycles. The van der Waals surface area contributed by atoms with E-state index in [9.17, 15) is 0 Å². The fraction of sp³-hybridized carbons (Fsp3) is 0.500. The minimum atomic E-state index is -0.364. The number of nitrogens with two attached hydrogens (primary N) is 1. The highest BCUT2D eigenvalue weighted by Crippen LogP contribution is 2.34. The Balaban J connectivity index is 1.55. The molecule has 1 aliphatic rings. The number of hydrogen-bond donors (Lipinski definition) is 1. The Morgan fingerprint density at radius 1 is 1.20 bits per heavy atom. The summed E-state index contributed by atoms with van der Waals surface area (Å²) in [5.41, 5.74) is 7.20. The maximum Gasteiger partial charge on any atom is 0.236 e. The van der Waals surface area contributed by atoms with E-state index >= 15 is 0 Å². The molecule has 0 unspecified atom stereocenters. The van der Waals surface area contributed by atoms with E-state index in [1.54, 1.807) is 24.2 Å². The zero-order chi connectivity index (χ0) is 13.8. The van der Waals surface area contributed by atoms with Crippen LogP contribution in [0.25, 0.3) is 0 Å². The first-order chi connectivity index (χ1) is 9.76. The van der Waals surface area contributed by atoms with Gasteiger partial charge in [-0.3, -0.25) is 4.98 Å². The molecule has 0 spiro atoms. The van der Waals surface area contributed by atoms with Crippen molar-refractivity contribution in [1.29, 1.82) is 0 Å². The van der Waals surface area contributed by atoms with Gasteiger partial charge < -0.3 is 10.3 Å². The molecule has 0 aliphatic heterocycles. The molecule has 106 valence electrons. The maximum atomic E-state index is 6.31. The SMILES string of the molecule is NC1(c2noc(CSCc3ccncc3)n2)CCCC1. The van der Waals surface area contributed by atoms with Crippen molar-refractivity contribution in [2.75, 3.05) is 0 Å². The van der Waals surface area contributed by atoms with Gasteiger partial charge in [0.2, 0.25) is 5.89 Å². The maximum absolute atomic E-state index is 6.31. The summed E-state index contributed by atoms with van der Waals surface area (Å²) in [4.78, 5) is 8.46. The molecule has 0 aromatic carbocycles. The molecule has 2 aromatic rings. The molecular weight excluding hydrogens is 272 g/mol. The second kappa shape index (κ2) is 5.93. The van der Waals surface area contributed by atoms with Gasteiger partial charge in [0.05, 0.1) is 11.3 Å². The van der Waals surface area contributed by atoms with Crippen LogP contribution in [0.3, 0.4) is 0 Å². The number of thioether (sulfide) groups is 1. The zero-order valence-corrected chi connectivity index (χ0v) is 12.1. The van der Waals surface area contributed by atoms with E-state index in [1.165, 1.54) is 5.56 Å². The van der Waals surface area contributed by atoms with E-state index in [4.69, 9.17) is 10.3 Å². The molecule has 6 heteroatoms. The molecular formula is C14H18N4OS. The first-order valence-electron chi connectivity index (χ1n) is 6.85. The Bertz CT molecular complexity index is 551. The molecule has 5 nitrogen and oxygen atoms in total. The molecule has 20 heavy (non-hydrogen) atoms. The van der Waals surface area contributed by atoms with E-state index in [0.717, 1.165) is 31.4 Å². The van der Waals surface area contributed by atoms with Gasteiger partial charge in [-0.05, 0) is 30.5 Å². The third-order valence-electron chi connectivity index (χ3n) is 3.65. The van der Waals surface area contributed by atoms with E-state index in [1.807, 2.05) is 12.1 Å². The zero-order valence-electron chi connectivity index (χ0n) is 11.3. The van der Waals surface area contributed by atoms with Gasteiger partial charge in [-0.25, -0.2) is 0 Å². The monoisotopic (exact) mass is 290 g/mol. The van der Waals surface area contributed by atoms with Crippen molar-refractivity contribution in [2.45, 2.75) is 42.7 Å². The molecule has 0 saturated heterocycles. The van der Waals surface area contributed by atoms with Crippen LogP contribution in [0, 0.1) is 0 Å². The van der Waals surface area contributed by atoms with Crippen LogP contribution in [0.1, 0.15) is 43.0 Å². The molecule has 2 heterocycles. The first kappa shape index (κ1) is 13.6. The molecule has 0 bridgehead atoms. The summed E-state index contributed by atoms with van der Waals surface area (Å²) in [6.45, 7) is 0. The van der Waals surface area contributed by atoms with Crippen molar-refractivity contribution < 1.29 is 4.52 Å². The molecule has 0 atom stereocenters. The minimum absolute atomic E-state index is 0.364. The Morgan fingerprint density at radius 3 is 2.70 bits per heavy atom. The van der Waals surface area contributed by atoms with Crippen LogP contribution in [0.2, 0.25) is 0 Å². The van der Waals surface area contributed by atoms with Crippen molar-refractivity contribution in [3.63, 3.8) is 0 Å². The van der Waals surface area contributed by atoms with Crippen LogP contribution in [0.5, 0.6) is 0 Å². The van der Waals surface area contributed by atoms with Crippen LogP contribution >= 0.6 is 11.8 Å². The molecule has 1 aliphatic carbocycles. The van der Waals surface area contributed by atoms with Crippen molar-refractivity contribution in [3.05, 3.63) is 41.8 Å². The van der Waals surface area contributed by atoms with Crippen LogP contribution in [0.4, 0.5) is 0 Å². The average Bonchev–Trinajstić information content (AvgIpc) is 3.10. The quantitative estimate of drug-likeness (QED) is 0.912. The van der Waals surface area contributed by atoms with Crippen LogP contribution < -0.4 is 5.73 Å². The van der Waals surface area contributed by atoms with Gasteiger partial charge in [0, 0.05) is 18.1 Å². The summed E-state index contributed by atoms with van der Waals surface area (Å²) >= 11 is 1.75. The third kappa shape index (κ3) is 3.02. The van der Waals surface area contributed by atoms with Crippen LogP contribution in [-0.2, 0) is 17.0 Å². The highest BCUT2D eigenvalue weighted by molar-refractivity contribution is 7.97. The Labute approximate surface area is 122 Å². The third-order valence-corrected chi connectivity index (χ3v) is 4.64. The lowest BCUT2D eigenvalue weighted by Crippen LogP contribution is -2.34. The predicted molar refractivity (Wildman–Crippen MR) is 77.9 cm³/mol. The molecule has 0 amide bonds. The second-order valence-corrected chi connectivity index (χ2v) is 6.21. The van der Waals surface area contributed by atoms with E-state index in [0.29, 0.717) is 17.5 Å². The highest BCUT2D eigenvalue weighted by atomic mass is 32.2. The predicted octanol–water partition coefficient (Wildman–Crippen LogP) is 2.63. The Morgan fingerprint density at radius 2 is 1.95 bits per heavy atom. The molecule has 0 radical (unpaired) electrons.